The van der Waals surface area contributed by atoms with Crippen molar-refractivity contribution in [2.24, 2.45) is 17.6 Å². The molecule has 2 unspecified atom stereocenters. The Kier molecular flexibility index (Phi) is 4.25. The van der Waals surface area contributed by atoms with Crippen LogP contribution in [0.15, 0.2) is 12.4 Å². The molecule has 0 spiro atoms. The van der Waals surface area contributed by atoms with Gasteiger partial charge in [0.1, 0.15) is 0 Å². The molecule has 1 saturated carbocycles. The van der Waals surface area contributed by atoms with Crippen LogP contribution in [-0.2, 0) is 11.3 Å². The molecule has 5 heteroatoms. The lowest BCUT2D eigenvalue weighted by molar-refractivity contribution is -0.126. The number of amides is 1. The maximum atomic E-state index is 12.0. The van der Waals surface area contributed by atoms with Gasteiger partial charge in [-0.2, -0.15) is 0 Å². The van der Waals surface area contributed by atoms with Gasteiger partial charge in [0.05, 0.1) is 24.1 Å². The molecule has 98 valence electrons. The summed E-state index contributed by atoms with van der Waals surface area (Å²) in [5.74, 6) is 0.521. The number of nitrogens with one attached hydrogen (secondary N) is 1. The van der Waals surface area contributed by atoms with E-state index in [2.05, 4.69) is 15.3 Å². The van der Waals surface area contributed by atoms with E-state index < -0.39 is 0 Å². The zero-order chi connectivity index (χ0) is 13.0. The minimum atomic E-state index is 0.0772. The van der Waals surface area contributed by atoms with Gasteiger partial charge in [0, 0.05) is 12.1 Å². The van der Waals surface area contributed by atoms with Crippen molar-refractivity contribution >= 4 is 5.91 Å². The number of hydrogen-bond donors (Lipinski definition) is 2. The number of aromatic nitrogens is 2. The Morgan fingerprint density at radius 3 is 2.94 bits per heavy atom. The van der Waals surface area contributed by atoms with Crippen molar-refractivity contribution in [2.45, 2.75) is 32.7 Å². The summed E-state index contributed by atoms with van der Waals surface area (Å²) in [7, 11) is 0. The predicted molar refractivity (Wildman–Crippen MR) is 68.5 cm³/mol. The number of carbonyl (C=O) groups is 1. The standard InChI is InChI=1S/C13H20N4O/c1-9-6-16-11(7-15-9)8-17-13(18)12-4-2-3-10(12)5-14/h6-7,10,12H,2-5,8,14H2,1H3,(H,17,18). The molecule has 0 radical (unpaired) electrons. The molecular weight excluding hydrogens is 228 g/mol. The van der Waals surface area contributed by atoms with E-state index in [-0.39, 0.29) is 11.8 Å². The van der Waals surface area contributed by atoms with E-state index in [1.54, 1.807) is 12.4 Å². The summed E-state index contributed by atoms with van der Waals surface area (Å²) in [4.78, 5) is 20.4. The van der Waals surface area contributed by atoms with Crippen molar-refractivity contribution in [1.82, 2.24) is 15.3 Å². The minimum Gasteiger partial charge on any atom is -0.350 e. The van der Waals surface area contributed by atoms with Gasteiger partial charge in [0.15, 0.2) is 0 Å². The van der Waals surface area contributed by atoms with Crippen molar-refractivity contribution in [3.8, 4) is 0 Å². The molecule has 3 N–H and O–H groups in total. The van der Waals surface area contributed by atoms with Crippen LogP contribution in [0.5, 0.6) is 0 Å². The fraction of sp³-hybridized carbons (Fsp3) is 0.615. The molecular formula is C13H20N4O. The summed E-state index contributed by atoms with van der Waals surface area (Å²) in [6.45, 7) is 2.93. The van der Waals surface area contributed by atoms with Gasteiger partial charge in [0.2, 0.25) is 5.91 Å². The van der Waals surface area contributed by atoms with Gasteiger partial charge in [-0.05, 0) is 32.2 Å². The lowest BCUT2D eigenvalue weighted by Gasteiger charge is -2.17. The van der Waals surface area contributed by atoms with Crippen molar-refractivity contribution < 1.29 is 4.79 Å². The number of hydrogen-bond acceptors (Lipinski definition) is 4. The Hall–Kier alpha value is -1.49. The van der Waals surface area contributed by atoms with Gasteiger partial charge in [-0.3, -0.25) is 14.8 Å². The van der Waals surface area contributed by atoms with Crippen LogP contribution in [0.2, 0.25) is 0 Å². The summed E-state index contributed by atoms with van der Waals surface area (Å²) >= 11 is 0. The molecule has 0 aliphatic heterocycles. The van der Waals surface area contributed by atoms with Crippen LogP contribution >= 0.6 is 0 Å². The summed E-state index contributed by atoms with van der Waals surface area (Å²) in [5.41, 5.74) is 7.35. The van der Waals surface area contributed by atoms with Crippen LogP contribution in [0, 0.1) is 18.8 Å². The molecule has 1 aliphatic rings. The summed E-state index contributed by atoms with van der Waals surface area (Å²) < 4.78 is 0. The lowest BCUT2D eigenvalue weighted by Crippen LogP contribution is -2.34. The van der Waals surface area contributed by atoms with Crippen LogP contribution in [0.25, 0.3) is 0 Å². The monoisotopic (exact) mass is 248 g/mol. The van der Waals surface area contributed by atoms with E-state index in [1.165, 1.54) is 0 Å². The fourth-order valence-electron chi connectivity index (χ4n) is 2.48. The first-order chi connectivity index (χ1) is 8.70. The first kappa shape index (κ1) is 13.0. The summed E-state index contributed by atoms with van der Waals surface area (Å²) in [5, 5.41) is 2.93. The van der Waals surface area contributed by atoms with Crippen molar-refractivity contribution in [2.75, 3.05) is 6.54 Å². The Labute approximate surface area is 107 Å². The van der Waals surface area contributed by atoms with E-state index in [4.69, 9.17) is 5.73 Å². The topological polar surface area (TPSA) is 80.9 Å². The molecule has 1 aromatic heterocycles. The van der Waals surface area contributed by atoms with Gasteiger partial charge in [0.25, 0.3) is 0 Å². The molecule has 0 aromatic carbocycles. The Morgan fingerprint density at radius 2 is 2.28 bits per heavy atom. The van der Waals surface area contributed by atoms with Crippen LogP contribution in [-0.4, -0.2) is 22.4 Å². The van der Waals surface area contributed by atoms with Crippen LogP contribution < -0.4 is 11.1 Å². The number of nitrogens with zero attached hydrogens (tertiary/aromatic N) is 2. The van der Waals surface area contributed by atoms with Crippen LogP contribution in [0.1, 0.15) is 30.7 Å². The first-order valence-electron chi connectivity index (χ1n) is 6.46. The number of nitrogens with two attached hydrogens (primary N) is 1. The van der Waals surface area contributed by atoms with Gasteiger partial charge in [-0.1, -0.05) is 6.42 Å². The molecule has 2 atom stereocenters. The molecule has 0 bridgehead atoms. The molecule has 1 aromatic rings. The second-order valence-corrected chi connectivity index (χ2v) is 4.90. The van der Waals surface area contributed by atoms with Gasteiger partial charge in [-0.25, -0.2) is 0 Å². The average Bonchev–Trinajstić information content (AvgIpc) is 2.86. The second-order valence-electron chi connectivity index (χ2n) is 4.90. The highest BCUT2D eigenvalue weighted by atomic mass is 16.1. The van der Waals surface area contributed by atoms with Crippen LogP contribution in [0.4, 0.5) is 0 Å². The molecule has 1 aliphatic carbocycles. The third-order valence-electron chi connectivity index (χ3n) is 3.58. The van der Waals surface area contributed by atoms with Crippen molar-refractivity contribution in [1.29, 1.82) is 0 Å². The quantitative estimate of drug-likeness (QED) is 0.825. The maximum Gasteiger partial charge on any atom is 0.223 e. The fourth-order valence-corrected chi connectivity index (χ4v) is 2.48. The highest BCUT2D eigenvalue weighted by molar-refractivity contribution is 5.79. The third-order valence-corrected chi connectivity index (χ3v) is 3.58. The summed E-state index contributed by atoms with van der Waals surface area (Å²) in [6.07, 6.45) is 6.53. The highest BCUT2D eigenvalue weighted by Crippen LogP contribution is 2.30. The van der Waals surface area contributed by atoms with E-state index in [0.29, 0.717) is 19.0 Å². The largest absolute Gasteiger partial charge is 0.350 e. The number of aryl methyl sites for hydroxylation is 1. The second kappa shape index (κ2) is 5.91. The van der Waals surface area contributed by atoms with E-state index in [9.17, 15) is 4.79 Å². The molecule has 1 fully saturated rings. The smallest absolute Gasteiger partial charge is 0.223 e. The van der Waals surface area contributed by atoms with Gasteiger partial charge >= 0.3 is 0 Å². The Morgan fingerprint density at radius 1 is 1.44 bits per heavy atom. The lowest BCUT2D eigenvalue weighted by atomic mass is 9.95. The van der Waals surface area contributed by atoms with E-state index in [0.717, 1.165) is 30.7 Å². The van der Waals surface area contributed by atoms with E-state index in [1.807, 2.05) is 6.92 Å². The normalized spacial score (nSPS) is 23.0. The molecule has 18 heavy (non-hydrogen) atoms. The summed E-state index contributed by atoms with van der Waals surface area (Å²) in [6, 6.07) is 0. The molecule has 1 amide bonds. The zero-order valence-electron chi connectivity index (χ0n) is 10.7. The number of rotatable bonds is 4. The average molecular weight is 248 g/mol. The maximum absolute atomic E-state index is 12.0. The molecule has 2 rings (SSSR count). The minimum absolute atomic E-state index is 0.0772. The molecule has 1 heterocycles. The zero-order valence-corrected chi connectivity index (χ0v) is 10.7. The Balaban J connectivity index is 1.86. The predicted octanol–water partition coefficient (Wildman–Crippen LogP) is 0.776. The molecule has 0 saturated heterocycles. The van der Waals surface area contributed by atoms with Crippen molar-refractivity contribution in [3.05, 3.63) is 23.8 Å². The first-order valence-corrected chi connectivity index (χ1v) is 6.46. The molecule has 5 nitrogen and oxygen atoms in total. The number of carbonyl (C=O) groups excluding carboxylic acids is 1. The van der Waals surface area contributed by atoms with Crippen LogP contribution in [0.3, 0.4) is 0 Å². The van der Waals surface area contributed by atoms with E-state index >= 15 is 0 Å². The highest BCUT2D eigenvalue weighted by Gasteiger charge is 2.31. The third kappa shape index (κ3) is 3.04. The van der Waals surface area contributed by atoms with Gasteiger partial charge in [-0.15, -0.1) is 0 Å². The van der Waals surface area contributed by atoms with Gasteiger partial charge < -0.3 is 11.1 Å². The Bertz CT molecular complexity index is 404. The van der Waals surface area contributed by atoms with Crippen molar-refractivity contribution in [3.63, 3.8) is 0 Å². The SMILES string of the molecule is Cc1cnc(CNC(=O)C2CCCC2CN)cn1.